The molecule has 0 spiro atoms. The van der Waals surface area contributed by atoms with Crippen LogP contribution in [-0.4, -0.2) is 71.5 Å². The number of morpholine rings is 1. The molecule has 2 amide bonds. The monoisotopic (exact) mass is 373 g/mol. The summed E-state index contributed by atoms with van der Waals surface area (Å²) in [5.41, 5.74) is 0.891. The molecule has 3 heterocycles. The van der Waals surface area contributed by atoms with Gasteiger partial charge in [-0.15, -0.1) is 0 Å². The molecular weight excluding hydrogens is 346 g/mol. The lowest BCUT2D eigenvalue weighted by molar-refractivity contribution is 0.0383. The Morgan fingerprint density at radius 1 is 1.26 bits per heavy atom. The van der Waals surface area contributed by atoms with Crippen molar-refractivity contribution in [3.63, 3.8) is 0 Å². The molecule has 0 radical (unpaired) electrons. The first kappa shape index (κ1) is 19.3. The number of amides is 2. The number of hydrogen-bond donors (Lipinski definition) is 2. The second-order valence-electron chi connectivity index (χ2n) is 6.73. The molecule has 1 fully saturated rings. The average molecular weight is 373 g/mol. The Balaban J connectivity index is 1.71. The Morgan fingerprint density at radius 3 is 2.78 bits per heavy atom. The van der Waals surface area contributed by atoms with Crippen LogP contribution in [0, 0.1) is 0 Å². The Morgan fingerprint density at radius 2 is 2.04 bits per heavy atom. The van der Waals surface area contributed by atoms with Crippen molar-refractivity contribution >= 4 is 17.3 Å². The number of carbonyl (C=O) groups is 2. The largest absolute Gasteiger partial charge is 0.379 e. The van der Waals surface area contributed by atoms with E-state index in [0.29, 0.717) is 12.1 Å². The summed E-state index contributed by atoms with van der Waals surface area (Å²) in [6, 6.07) is 5.48. The highest BCUT2D eigenvalue weighted by atomic mass is 16.5. The molecule has 27 heavy (non-hydrogen) atoms. The van der Waals surface area contributed by atoms with E-state index in [0.717, 1.165) is 39.3 Å². The first-order valence-corrected chi connectivity index (χ1v) is 9.46. The normalized spacial score (nSPS) is 16.2. The maximum Gasteiger partial charge on any atom is 0.287 e. The van der Waals surface area contributed by atoms with Crippen molar-refractivity contribution in [2.45, 2.75) is 26.3 Å². The van der Waals surface area contributed by atoms with Gasteiger partial charge in [0.15, 0.2) is 5.69 Å². The van der Waals surface area contributed by atoms with Gasteiger partial charge in [-0.25, -0.2) is 4.98 Å². The van der Waals surface area contributed by atoms with E-state index >= 15 is 0 Å². The number of pyridine rings is 1. The van der Waals surface area contributed by atoms with Gasteiger partial charge >= 0.3 is 0 Å². The van der Waals surface area contributed by atoms with Crippen molar-refractivity contribution in [3.8, 4) is 0 Å². The van der Waals surface area contributed by atoms with Gasteiger partial charge in [-0.3, -0.25) is 18.9 Å². The molecule has 1 aliphatic heterocycles. The maximum absolute atomic E-state index is 12.7. The van der Waals surface area contributed by atoms with Crippen molar-refractivity contribution in [2.75, 3.05) is 39.4 Å². The Bertz CT molecular complexity index is 798. The van der Waals surface area contributed by atoms with E-state index in [2.05, 4.69) is 20.5 Å². The zero-order chi connectivity index (χ0) is 19.2. The third kappa shape index (κ3) is 4.64. The summed E-state index contributed by atoms with van der Waals surface area (Å²) in [6.45, 7) is 8.45. The zero-order valence-corrected chi connectivity index (χ0v) is 15.9. The minimum absolute atomic E-state index is 0.0411. The lowest BCUT2D eigenvalue weighted by Gasteiger charge is -2.26. The molecule has 0 aliphatic carbocycles. The van der Waals surface area contributed by atoms with Crippen LogP contribution in [0.5, 0.6) is 0 Å². The predicted octanol–water partition coefficient (Wildman–Crippen LogP) is 0.925. The van der Waals surface area contributed by atoms with E-state index in [1.54, 1.807) is 16.7 Å². The van der Waals surface area contributed by atoms with Crippen LogP contribution in [0.4, 0.5) is 0 Å². The molecule has 8 heteroatoms. The third-order valence-corrected chi connectivity index (χ3v) is 4.77. The van der Waals surface area contributed by atoms with E-state index in [4.69, 9.17) is 4.74 Å². The summed E-state index contributed by atoms with van der Waals surface area (Å²) in [4.78, 5) is 31.8. The van der Waals surface area contributed by atoms with E-state index in [9.17, 15) is 9.59 Å². The van der Waals surface area contributed by atoms with Gasteiger partial charge in [0.25, 0.3) is 11.8 Å². The first-order valence-electron chi connectivity index (χ1n) is 9.46. The molecule has 146 valence electrons. The number of hydrogen-bond acceptors (Lipinski definition) is 5. The van der Waals surface area contributed by atoms with Gasteiger partial charge < -0.3 is 15.4 Å². The molecule has 2 N–H and O–H groups in total. The molecule has 8 nitrogen and oxygen atoms in total. The number of carbonyl (C=O) groups excluding carboxylic acids is 2. The van der Waals surface area contributed by atoms with Gasteiger partial charge in [-0.05, 0) is 25.5 Å². The maximum atomic E-state index is 12.7. The minimum Gasteiger partial charge on any atom is -0.379 e. The summed E-state index contributed by atoms with van der Waals surface area (Å²) in [5.74, 6) is -0.323. The van der Waals surface area contributed by atoms with Gasteiger partial charge in [0.1, 0.15) is 0 Å². The number of aromatic nitrogens is 2. The lowest BCUT2D eigenvalue weighted by Crippen LogP contribution is -2.41. The van der Waals surface area contributed by atoms with E-state index < -0.39 is 0 Å². The van der Waals surface area contributed by atoms with Crippen molar-refractivity contribution in [1.29, 1.82) is 0 Å². The molecule has 0 saturated carbocycles. The lowest BCUT2D eigenvalue weighted by atomic mass is 10.2. The third-order valence-electron chi connectivity index (χ3n) is 4.77. The Labute approximate surface area is 158 Å². The summed E-state index contributed by atoms with van der Waals surface area (Å²) < 4.78 is 6.99. The van der Waals surface area contributed by atoms with Crippen LogP contribution in [-0.2, 0) is 4.74 Å². The molecule has 0 bridgehead atoms. The Kier molecular flexibility index (Phi) is 6.41. The highest BCUT2D eigenvalue weighted by Gasteiger charge is 2.22. The van der Waals surface area contributed by atoms with E-state index in [1.165, 1.54) is 0 Å². The van der Waals surface area contributed by atoms with Crippen molar-refractivity contribution < 1.29 is 14.3 Å². The molecule has 1 atom stereocenters. The van der Waals surface area contributed by atoms with E-state index in [-0.39, 0.29) is 29.4 Å². The fourth-order valence-electron chi connectivity index (χ4n) is 2.99. The van der Waals surface area contributed by atoms with Crippen LogP contribution in [0.2, 0.25) is 0 Å². The molecule has 3 rings (SSSR count). The highest BCUT2D eigenvalue weighted by molar-refractivity contribution is 6.02. The fraction of sp³-hybridized carbons (Fsp3) is 0.526. The van der Waals surface area contributed by atoms with Gasteiger partial charge in [-0.2, -0.15) is 0 Å². The number of nitrogens with one attached hydrogen (secondary N) is 2. The van der Waals surface area contributed by atoms with Crippen molar-refractivity contribution in [3.05, 3.63) is 35.9 Å². The van der Waals surface area contributed by atoms with Crippen LogP contribution in [0.1, 0.15) is 41.4 Å². The quantitative estimate of drug-likeness (QED) is 0.754. The average Bonchev–Trinajstić information content (AvgIpc) is 3.08. The second kappa shape index (κ2) is 8.96. The number of imidazole rings is 1. The highest BCUT2D eigenvalue weighted by Crippen LogP contribution is 2.13. The molecule has 1 unspecified atom stereocenters. The molecule has 0 aromatic carbocycles. The van der Waals surface area contributed by atoms with Crippen LogP contribution in [0.15, 0.2) is 24.4 Å². The van der Waals surface area contributed by atoms with Crippen LogP contribution < -0.4 is 10.6 Å². The van der Waals surface area contributed by atoms with Crippen molar-refractivity contribution in [2.24, 2.45) is 0 Å². The van der Waals surface area contributed by atoms with Gasteiger partial charge in [-0.1, -0.05) is 13.0 Å². The predicted molar refractivity (Wildman–Crippen MR) is 102 cm³/mol. The SMILES string of the molecule is CCC(C)NC(=O)c1nc(C(=O)NCCN2CCOCC2)c2ccccn12. The number of rotatable bonds is 7. The summed E-state index contributed by atoms with van der Waals surface area (Å²) in [5, 5.41) is 5.82. The first-order chi connectivity index (χ1) is 13.1. The smallest absolute Gasteiger partial charge is 0.287 e. The van der Waals surface area contributed by atoms with Crippen LogP contribution >= 0.6 is 0 Å². The molecule has 2 aromatic heterocycles. The molecule has 2 aromatic rings. The summed E-state index contributed by atoms with van der Waals surface area (Å²) in [6.07, 6.45) is 2.57. The van der Waals surface area contributed by atoms with Crippen LogP contribution in [0.3, 0.4) is 0 Å². The minimum atomic E-state index is -0.280. The van der Waals surface area contributed by atoms with Gasteiger partial charge in [0.2, 0.25) is 5.82 Å². The Hall–Kier alpha value is -2.45. The number of ether oxygens (including phenoxy) is 1. The standard InChI is InChI=1S/C19H27N5O3/c1-3-14(2)21-19(26)17-22-16(15-6-4-5-8-24(15)17)18(25)20-7-9-23-10-12-27-13-11-23/h4-6,8,14H,3,7,9-13H2,1-2H3,(H,20,25)(H,21,26). The van der Waals surface area contributed by atoms with Crippen molar-refractivity contribution in [1.82, 2.24) is 24.9 Å². The topological polar surface area (TPSA) is 88.0 Å². The number of fused-ring (bicyclic) bond motifs is 1. The fourth-order valence-corrected chi connectivity index (χ4v) is 2.99. The molecular formula is C19H27N5O3. The molecule has 1 saturated heterocycles. The van der Waals surface area contributed by atoms with Gasteiger partial charge in [0, 0.05) is 38.4 Å². The van der Waals surface area contributed by atoms with Crippen LogP contribution in [0.25, 0.3) is 5.52 Å². The van der Waals surface area contributed by atoms with E-state index in [1.807, 2.05) is 26.0 Å². The summed E-state index contributed by atoms with van der Waals surface area (Å²) >= 11 is 0. The summed E-state index contributed by atoms with van der Waals surface area (Å²) in [7, 11) is 0. The zero-order valence-electron chi connectivity index (χ0n) is 15.9. The number of nitrogens with zero attached hydrogens (tertiary/aromatic N) is 3. The van der Waals surface area contributed by atoms with Gasteiger partial charge in [0.05, 0.1) is 18.7 Å². The molecule has 1 aliphatic rings. The second-order valence-corrected chi connectivity index (χ2v) is 6.73.